The lowest BCUT2D eigenvalue weighted by Crippen LogP contribution is -2.55. The van der Waals surface area contributed by atoms with Gasteiger partial charge in [0.2, 0.25) is 0 Å². The highest BCUT2D eigenvalue weighted by Gasteiger charge is 2.48. The lowest BCUT2D eigenvalue weighted by molar-refractivity contribution is 0.491. The van der Waals surface area contributed by atoms with Crippen molar-refractivity contribution < 1.29 is 8.60 Å². The molecule has 1 saturated carbocycles. The number of halogens is 1. The predicted octanol–water partition coefficient (Wildman–Crippen LogP) is 2.82. The van der Waals surface area contributed by atoms with Crippen LogP contribution in [0.5, 0.6) is 0 Å². The monoisotopic (exact) mass is 323 g/mol. The van der Waals surface area contributed by atoms with Crippen LogP contribution in [0.2, 0.25) is 0 Å². The van der Waals surface area contributed by atoms with E-state index in [1.54, 1.807) is 25.1 Å². The molecule has 1 aromatic rings. The molecule has 1 aliphatic heterocycles. The molecule has 0 bridgehead atoms. The van der Waals surface area contributed by atoms with E-state index in [1.807, 2.05) is 13.8 Å². The van der Waals surface area contributed by atoms with Gasteiger partial charge in [0.15, 0.2) is 0 Å². The van der Waals surface area contributed by atoms with Gasteiger partial charge in [-0.2, -0.15) is 0 Å². The molecule has 1 aliphatic carbocycles. The predicted molar refractivity (Wildman–Crippen MR) is 87.9 cm³/mol. The van der Waals surface area contributed by atoms with Crippen LogP contribution in [-0.2, 0) is 15.3 Å². The van der Waals surface area contributed by atoms with E-state index >= 15 is 0 Å². The van der Waals surface area contributed by atoms with Gasteiger partial charge in [0, 0.05) is 5.56 Å². The molecule has 1 unspecified atom stereocenters. The van der Waals surface area contributed by atoms with Gasteiger partial charge >= 0.3 is 0 Å². The van der Waals surface area contributed by atoms with E-state index in [9.17, 15) is 8.60 Å². The van der Waals surface area contributed by atoms with E-state index in [1.165, 1.54) is 6.07 Å². The standard InChI is InChI=1S/C16H22FN3OS/c1-15(2)14(18)19-16(3,12-6-4-5-7-13(12)17)10-22(15,21)20-11-8-9-11/h4-7,11H,8-10H2,1-3H3,(H2,18,19)/t16-,22?/m0/s1. The summed E-state index contributed by atoms with van der Waals surface area (Å²) in [5.41, 5.74) is 5.61. The highest BCUT2D eigenvalue weighted by molar-refractivity contribution is 7.95. The molecule has 6 heteroatoms. The van der Waals surface area contributed by atoms with Crippen LogP contribution in [-0.4, -0.2) is 26.6 Å². The number of aliphatic imine (C=N–C) groups is 1. The minimum absolute atomic E-state index is 0.155. The Hall–Kier alpha value is -1.43. The number of rotatable bonds is 2. The maximum Gasteiger partial charge on any atom is 0.128 e. The summed E-state index contributed by atoms with van der Waals surface area (Å²) >= 11 is 0. The highest BCUT2D eigenvalue weighted by Crippen LogP contribution is 2.40. The Morgan fingerprint density at radius 2 is 1.95 bits per heavy atom. The molecule has 0 aromatic heterocycles. The lowest BCUT2D eigenvalue weighted by Gasteiger charge is -2.40. The molecule has 2 atom stereocenters. The Balaban J connectivity index is 2.18. The van der Waals surface area contributed by atoms with Gasteiger partial charge in [-0.3, -0.25) is 4.99 Å². The molecule has 0 saturated heterocycles. The SMILES string of the molecule is CC1(C)C(N)=N[C@](C)(c2ccccc2F)CS1(=O)=NC1CC1. The molecular formula is C16H22FN3OS. The number of hydrogen-bond acceptors (Lipinski definition) is 4. The van der Waals surface area contributed by atoms with Gasteiger partial charge in [0.25, 0.3) is 0 Å². The highest BCUT2D eigenvalue weighted by atomic mass is 32.2. The first-order chi connectivity index (χ1) is 10.2. The van der Waals surface area contributed by atoms with Gasteiger partial charge in [-0.1, -0.05) is 18.2 Å². The van der Waals surface area contributed by atoms with E-state index in [2.05, 4.69) is 9.36 Å². The van der Waals surface area contributed by atoms with Crippen LogP contribution >= 0.6 is 0 Å². The number of nitrogens with zero attached hydrogens (tertiary/aromatic N) is 2. The average molecular weight is 323 g/mol. The number of benzene rings is 1. The first-order valence-corrected chi connectivity index (χ1v) is 9.21. The Bertz CT molecular complexity index is 760. The van der Waals surface area contributed by atoms with Crippen LogP contribution in [0.4, 0.5) is 4.39 Å². The topological polar surface area (TPSA) is 67.8 Å². The van der Waals surface area contributed by atoms with Gasteiger partial charge in [0.1, 0.15) is 21.9 Å². The summed E-state index contributed by atoms with van der Waals surface area (Å²) < 4.78 is 31.6. The average Bonchev–Trinajstić information content (AvgIpc) is 3.20. The summed E-state index contributed by atoms with van der Waals surface area (Å²) in [5.74, 6) is 0.138. The molecule has 1 aromatic carbocycles. The maximum absolute atomic E-state index is 14.2. The third kappa shape index (κ3) is 2.33. The fourth-order valence-electron chi connectivity index (χ4n) is 2.78. The van der Waals surface area contributed by atoms with Crippen molar-refractivity contribution in [3.8, 4) is 0 Å². The second-order valence-electron chi connectivity index (χ2n) is 6.88. The zero-order valence-corrected chi connectivity index (χ0v) is 14.0. The molecule has 22 heavy (non-hydrogen) atoms. The van der Waals surface area contributed by atoms with Crippen molar-refractivity contribution in [1.82, 2.24) is 0 Å². The second kappa shape index (κ2) is 4.78. The Kier molecular flexibility index (Phi) is 3.36. The molecule has 3 rings (SSSR count). The van der Waals surface area contributed by atoms with Crippen molar-refractivity contribution >= 4 is 15.6 Å². The molecule has 2 aliphatic rings. The van der Waals surface area contributed by atoms with Crippen molar-refractivity contribution in [2.45, 2.75) is 49.9 Å². The minimum Gasteiger partial charge on any atom is -0.386 e. The van der Waals surface area contributed by atoms with Crippen LogP contribution in [0.1, 0.15) is 39.2 Å². The van der Waals surface area contributed by atoms with Gasteiger partial charge in [-0.05, 0) is 39.7 Å². The molecular weight excluding hydrogens is 301 g/mol. The summed E-state index contributed by atoms with van der Waals surface area (Å²) in [6, 6.07) is 6.62. The van der Waals surface area contributed by atoms with Crippen molar-refractivity contribution in [1.29, 1.82) is 0 Å². The maximum atomic E-state index is 14.2. The summed E-state index contributed by atoms with van der Waals surface area (Å²) in [5, 5.41) is 0. The van der Waals surface area contributed by atoms with Crippen LogP contribution in [0.15, 0.2) is 33.6 Å². The summed E-state index contributed by atoms with van der Waals surface area (Å²) in [6.07, 6.45) is 1.95. The fraction of sp³-hybridized carbons (Fsp3) is 0.562. The smallest absolute Gasteiger partial charge is 0.128 e. The van der Waals surface area contributed by atoms with Crippen LogP contribution in [0.25, 0.3) is 0 Å². The summed E-state index contributed by atoms with van der Waals surface area (Å²) in [7, 11) is -2.62. The van der Waals surface area contributed by atoms with Crippen LogP contribution in [0, 0.1) is 5.82 Å². The van der Waals surface area contributed by atoms with Crippen molar-refractivity contribution in [2.75, 3.05) is 5.75 Å². The van der Waals surface area contributed by atoms with E-state index < -0.39 is 20.0 Å². The van der Waals surface area contributed by atoms with Crippen molar-refractivity contribution in [3.05, 3.63) is 35.6 Å². The van der Waals surface area contributed by atoms with Crippen molar-refractivity contribution in [2.24, 2.45) is 15.1 Å². The van der Waals surface area contributed by atoms with Gasteiger partial charge in [0.05, 0.1) is 21.5 Å². The van der Waals surface area contributed by atoms with E-state index in [0.717, 1.165) is 12.8 Å². The van der Waals surface area contributed by atoms with E-state index in [4.69, 9.17) is 5.73 Å². The van der Waals surface area contributed by atoms with E-state index in [0.29, 0.717) is 11.4 Å². The molecule has 0 radical (unpaired) electrons. The Morgan fingerprint density at radius 1 is 1.32 bits per heavy atom. The van der Waals surface area contributed by atoms with E-state index in [-0.39, 0.29) is 17.6 Å². The summed E-state index contributed by atoms with van der Waals surface area (Å²) in [6.45, 7) is 5.43. The number of hydrogen-bond donors (Lipinski definition) is 1. The molecule has 120 valence electrons. The number of amidine groups is 1. The largest absolute Gasteiger partial charge is 0.386 e. The first kappa shape index (κ1) is 15.5. The normalized spacial score (nSPS) is 34.1. The molecule has 2 N–H and O–H groups in total. The summed E-state index contributed by atoms with van der Waals surface area (Å²) in [4.78, 5) is 4.54. The lowest BCUT2D eigenvalue weighted by atomic mass is 9.93. The van der Waals surface area contributed by atoms with Crippen LogP contribution < -0.4 is 5.73 Å². The molecule has 4 nitrogen and oxygen atoms in total. The molecule has 0 amide bonds. The van der Waals surface area contributed by atoms with Gasteiger partial charge < -0.3 is 5.73 Å². The van der Waals surface area contributed by atoms with Gasteiger partial charge in [-0.15, -0.1) is 0 Å². The third-order valence-electron chi connectivity index (χ3n) is 4.58. The first-order valence-electron chi connectivity index (χ1n) is 7.52. The Labute approximate surface area is 131 Å². The van der Waals surface area contributed by atoms with Crippen LogP contribution in [0.3, 0.4) is 0 Å². The molecule has 1 fully saturated rings. The quantitative estimate of drug-likeness (QED) is 0.909. The second-order valence-corrected chi connectivity index (χ2v) is 9.68. The van der Waals surface area contributed by atoms with Gasteiger partial charge in [-0.25, -0.2) is 13.0 Å². The van der Waals surface area contributed by atoms with Crippen molar-refractivity contribution in [3.63, 3.8) is 0 Å². The minimum atomic E-state index is -2.62. The third-order valence-corrected chi connectivity index (χ3v) is 7.97. The molecule has 1 heterocycles. The zero-order valence-electron chi connectivity index (χ0n) is 13.2. The fourth-order valence-corrected chi connectivity index (χ4v) is 5.53. The Morgan fingerprint density at radius 3 is 2.55 bits per heavy atom. The zero-order chi connectivity index (χ0) is 16.2. The number of nitrogens with two attached hydrogens (primary N) is 1. The molecule has 0 spiro atoms.